The predicted octanol–water partition coefficient (Wildman–Crippen LogP) is 2.75. The summed E-state index contributed by atoms with van der Waals surface area (Å²) in [5, 5.41) is 2.08. The van der Waals surface area contributed by atoms with Crippen LogP contribution in [0.5, 0.6) is 0 Å². The van der Waals surface area contributed by atoms with Crippen molar-refractivity contribution in [3.63, 3.8) is 0 Å². The van der Waals surface area contributed by atoms with E-state index in [1.54, 1.807) is 0 Å². The van der Waals surface area contributed by atoms with E-state index < -0.39 is 24.0 Å². The molecule has 0 saturated heterocycles. The fraction of sp³-hybridized carbons (Fsp3) is 0.308. The molecule has 8 heteroatoms. The molecule has 2 heterocycles. The first-order chi connectivity index (χ1) is 16.3. The highest BCUT2D eigenvalue weighted by molar-refractivity contribution is 5.87. The summed E-state index contributed by atoms with van der Waals surface area (Å²) >= 11 is 0. The Balaban J connectivity index is 1.77. The van der Waals surface area contributed by atoms with Crippen molar-refractivity contribution >= 4 is 33.7 Å². The molecular formula is C26H30N4O4. The molecule has 0 spiro atoms. The minimum absolute atomic E-state index is 0.0963. The van der Waals surface area contributed by atoms with Crippen molar-refractivity contribution in [3.05, 3.63) is 72.1 Å². The first-order valence-corrected chi connectivity index (χ1v) is 11.2. The van der Waals surface area contributed by atoms with Gasteiger partial charge < -0.3 is 30.1 Å². The Morgan fingerprint density at radius 1 is 0.765 bits per heavy atom. The number of hydrogen-bond donors (Lipinski definition) is 2. The van der Waals surface area contributed by atoms with E-state index in [0.29, 0.717) is 12.8 Å². The quantitative estimate of drug-likeness (QED) is 0.389. The van der Waals surface area contributed by atoms with Crippen molar-refractivity contribution in [2.75, 3.05) is 14.2 Å². The summed E-state index contributed by atoms with van der Waals surface area (Å²) in [6.45, 7) is 2.10. The Kier molecular flexibility index (Phi) is 6.72. The third-order valence-electron chi connectivity index (χ3n) is 6.34. The first-order valence-electron chi connectivity index (χ1n) is 11.2. The van der Waals surface area contributed by atoms with E-state index in [4.69, 9.17) is 20.9 Å². The third-order valence-corrected chi connectivity index (χ3v) is 6.34. The van der Waals surface area contributed by atoms with Crippen molar-refractivity contribution in [1.29, 1.82) is 0 Å². The number of nitrogens with two attached hydrogens (primary N) is 2. The van der Waals surface area contributed by atoms with Crippen molar-refractivity contribution in [3.8, 4) is 0 Å². The highest BCUT2D eigenvalue weighted by Crippen LogP contribution is 2.31. The number of fused-ring (bicyclic) bond motifs is 2. The van der Waals surface area contributed by atoms with Crippen LogP contribution in [0.2, 0.25) is 0 Å². The van der Waals surface area contributed by atoms with Crippen LogP contribution in [0.3, 0.4) is 0 Å². The van der Waals surface area contributed by atoms with Crippen LogP contribution in [0.15, 0.2) is 60.9 Å². The maximum Gasteiger partial charge on any atom is 0.322 e. The maximum atomic E-state index is 11.9. The van der Waals surface area contributed by atoms with Crippen LogP contribution in [-0.2, 0) is 31.9 Å². The van der Waals surface area contributed by atoms with Gasteiger partial charge in [-0.3, -0.25) is 9.59 Å². The van der Waals surface area contributed by atoms with Gasteiger partial charge in [0, 0.05) is 36.0 Å². The fourth-order valence-corrected chi connectivity index (χ4v) is 4.58. The summed E-state index contributed by atoms with van der Waals surface area (Å²) in [7, 11) is 2.68. The van der Waals surface area contributed by atoms with Crippen LogP contribution in [0.1, 0.15) is 24.2 Å². The molecule has 0 bridgehead atoms. The van der Waals surface area contributed by atoms with Gasteiger partial charge in [-0.1, -0.05) is 36.4 Å². The van der Waals surface area contributed by atoms with E-state index >= 15 is 0 Å². The molecule has 4 N–H and O–H groups in total. The number of hydrogen-bond acceptors (Lipinski definition) is 6. The highest BCUT2D eigenvalue weighted by atomic mass is 16.5. The maximum absolute atomic E-state index is 11.9. The summed E-state index contributed by atoms with van der Waals surface area (Å²) in [6.07, 6.45) is 4.75. The molecule has 4 aromatic rings. The zero-order valence-electron chi connectivity index (χ0n) is 19.6. The lowest BCUT2D eigenvalue weighted by atomic mass is 10.1. The number of esters is 2. The molecule has 2 aromatic heterocycles. The zero-order chi connectivity index (χ0) is 24.4. The van der Waals surface area contributed by atoms with Gasteiger partial charge in [0.05, 0.1) is 25.3 Å². The topological polar surface area (TPSA) is 115 Å². The minimum Gasteiger partial charge on any atom is -0.468 e. The van der Waals surface area contributed by atoms with Gasteiger partial charge in [-0.15, -0.1) is 0 Å². The summed E-state index contributed by atoms with van der Waals surface area (Å²) in [6, 6.07) is 14.6. The van der Waals surface area contributed by atoms with Crippen LogP contribution >= 0.6 is 0 Å². The summed E-state index contributed by atoms with van der Waals surface area (Å²) in [4.78, 5) is 23.8. The number of aromatic nitrogens is 2. The molecule has 8 nitrogen and oxygen atoms in total. The van der Waals surface area contributed by atoms with E-state index in [9.17, 15) is 9.59 Å². The van der Waals surface area contributed by atoms with E-state index in [1.807, 2.05) is 48.8 Å². The molecule has 0 aliphatic rings. The molecule has 0 saturated carbocycles. The molecule has 34 heavy (non-hydrogen) atoms. The number of carbonyl (C=O) groups excluding carboxylic acids is 2. The van der Waals surface area contributed by atoms with Crippen molar-refractivity contribution in [2.24, 2.45) is 11.5 Å². The molecule has 0 fully saturated rings. The van der Waals surface area contributed by atoms with Gasteiger partial charge in [-0.05, 0) is 30.2 Å². The minimum atomic E-state index is -0.738. The van der Waals surface area contributed by atoms with E-state index in [0.717, 1.165) is 32.9 Å². The Morgan fingerprint density at radius 2 is 1.15 bits per heavy atom. The van der Waals surface area contributed by atoms with E-state index in [-0.39, 0.29) is 6.17 Å². The van der Waals surface area contributed by atoms with Crippen molar-refractivity contribution < 1.29 is 19.1 Å². The number of carbonyl (C=O) groups is 2. The van der Waals surface area contributed by atoms with Gasteiger partial charge in [0.25, 0.3) is 0 Å². The first kappa shape index (κ1) is 23.5. The number of ether oxygens (including phenoxy) is 2. The largest absolute Gasteiger partial charge is 0.468 e. The van der Waals surface area contributed by atoms with Gasteiger partial charge in [0.1, 0.15) is 18.2 Å². The van der Waals surface area contributed by atoms with Crippen molar-refractivity contribution in [2.45, 2.75) is 38.0 Å². The molecule has 0 aliphatic heterocycles. The second kappa shape index (κ2) is 9.70. The molecule has 0 unspecified atom stereocenters. The zero-order valence-corrected chi connectivity index (χ0v) is 19.6. The van der Waals surface area contributed by atoms with Crippen LogP contribution in [0, 0.1) is 0 Å². The molecule has 2 aromatic carbocycles. The number of benzene rings is 2. The lowest BCUT2D eigenvalue weighted by Crippen LogP contribution is -2.33. The van der Waals surface area contributed by atoms with Crippen molar-refractivity contribution in [1.82, 2.24) is 9.13 Å². The lowest BCUT2D eigenvalue weighted by Gasteiger charge is -2.19. The standard InChI is InChI=1S/C26H30N4O4/c1-16(29-14-17(12-21(27)25(31)33-2)19-8-4-6-10-23(19)29)30-15-18(13-22(28)26(32)34-3)20-9-5-7-11-24(20)30/h4-11,14-16,21-22H,12-13,27-28H2,1-3H3/t21-,22-/m1/s1. The SMILES string of the molecule is COC(=O)[C@H](N)Cc1cn(C(C)n2cc(C[C@@H](N)C(=O)OC)c3ccccc32)c2ccccc12. The van der Waals surface area contributed by atoms with Gasteiger partial charge >= 0.3 is 11.9 Å². The second-order valence-electron chi connectivity index (χ2n) is 8.46. The monoisotopic (exact) mass is 462 g/mol. The van der Waals surface area contributed by atoms with E-state index in [2.05, 4.69) is 28.2 Å². The van der Waals surface area contributed by atoms with Gasteiger partial charge in [0.2, 0.25) is 0 Å². The molecule has 2 atom stereocenters. The smallest absolute Gasteiger partial charge is 0.322 e. The average molecular weight is 463 g/mol. The van der Waals surface area contributed by atoms with Crippen LogP contribution < -0.4 is 11.5 Å². The van der Waals surface area contributed by atoms with Crippen LogP contribution in [0.25, 0.3) is 21.8 Å². The summed E-state index contributed by atoms with van der Waals surface area (Å²) in [5.41, 5.74) is 16.2. The number of para-hydroxylation sites is 2. The van der Waals surface area contributed by atoms with Gasteiger partial charge in [-0.25, -0.2) is 0 Å². The molecule has 0 amide bonds. The summed E-state index contributed by atoms with van der Waals surface area (Å²) < 4.78 is 14.0. The molecular weight excluding hydrogens is 432 g/mol. The Bertz CT molecular complexity index is 1240. The molecule has 4 rings (SSSR count). The third kappa shape index (κ3) is 4.30. The number of methoxy groups -OCH3 is 2. The van der Waals surface area contributed by atoms with Crippen LogP contribution in [0.4, 0.5) is 0 Å². The molecule has 0 radical (unpaired) electrons. The average Bonchev–Trinajstić information content (AvgIpc) is 3.41. The van der Waals surface area contributed by atoms with Gasteiger partial charge in [0.15, 0.2) is 0 Å². The molecule has 0 aliphatic carbocycles. The Morgan fingerprint density at radius 3 is 1.53 bits per heavy atom. The van der Waals surface area contributed by atoms with Crippen LogP contribution in [-0.4, -0.2) is 47.4 Å². The number of rotatable bonds is 8. The Hall–Kier alpha value is -3.62. The Labute approximate surface area is 198 Å². The van der Waals surface area contributed by atoms with Gasteiger partial charge in [-0.2, -0.15) is 0 Å². The summed E-state index contributed by atoms with van der Waals surface area (Å²) in [5.74, 6) is -0.874. The lowest BCUT2D eigenvalue weighted by molar-refractivity contribution is -0.142. The van der Waals surface area contributed by atoms with E-state index in [1.165, 1.54) is 14.2 Å². The normalized spacial score (nSPS) is 13.4. The predicted molar refractivity (Wildman–Crippen MR) is 131 cm³/mol. The highest BCUT2D eigenvalue weighted by Gasteiger charge is 2.22. The number of nitrogens with zero attached hydrogens (tertiary/aromatic N) is 2. The fourth-order valence-electron chi connectivity index (χ4n) is 4.58. The second-order valence-corrected chi connectivity index (χ2v) is 8.46. The molecule has 178 valence electrons.